The molecule has 1 fully saturated rings. The second-order valence-electron chi connectivity index (χ2n) is 5.12. The van der Waals surface area contributed by atoms with Crippen LogP contribution in [0.4, 0.5) is 10.7 Å². The molecule has 0 atom stereocenters. The van der Waals surface area contributed by atoms with Crippen molar-refractivity contribution in [2.24, 2.45) is 5.84 Å². The Hall–Kier alpha value is -1.27. The fourth-order valence-corrected chi connectivity index (χ4v) is 5.23. The minimum atomic E-state index is -3.84. The van der Waals surface area contributed by atoms with Gasteiger partial charge in [-0.3, -0.25) is 10.1 Å². The van der Waals surface area contributed by atoms with E-state index < -0.39 is 20.5 Å². The molecule has 21 heavy (non-hydrogen) atoms. The van der Waals surface area contributed by atoms with Gasteiger partial charge in [-0.25, -0.2) is 14.3 Å². The SMILES string of the molecule is CC1(C)COCCN1S(=O)(=O)c1cc([N+](=O)[O-])c(NN)s1. The van der Waals surface area contributed by atoms with Crippen LogP contribution >= 0.6 is 11.3 Å². The molecule has 0 saturated carbocycles. The van der Waals surface area contributed by atoms with E-state index in [1.54, 1.807) is 13.8 Å². The van der Waals surface area contributed by atoms with Crippen molar-refractivity contribution in [2.75, 3.05) is 25.2 Å². The summed E-state index contributed by atoms with van der Waals surface area (Å²) in [6.07, 6.45) is 0. The van der Waals surface area contributed by atoms with E-state index in [0.717, 1.165) is 17.4 Å². The normalized spacial score (nSPS) is 19.4. The molecule has 118 valence electrons. The number of ether oxygens (including phenoxy) is 1. The third-order valence-electron chi connectivity index (χ3n) is 3.13. The number of hydrazine groups is 1. The van der Waals surface area contributed by atoms with Crippen LogP contribution in [0.15, 0.2) is 10.3 Å². The number of nitro groups is 1. The summed E-state index contributed by atoms with van der Waals surface area (Å²) >= 11 is 0.741. The monoisotopic (exact) mass is 336 g/mol. The zero-order valence-corrected chi connectivity index (χ0v) is 13.2. The molecular weight excluding hydrogens is 320 g/mol. The Morgan fingerprint density at radius 2 is 2.24 bits per heavy atom. The lowest BCUT2D eigenvalue weighted by molar-refractivity contribution is -0.383. The van der Waals surface area contributed by atoms with Gasteiger partial charge in [0.1, 0.15) is 4.21 Å². The summed E-state index contributed by atoms with van der Waals surface area (Å²) in [7, 11) is -3.84. The lowest BCUT2D eigenvalue weighted by atomic mass is 10.1. The molecule has 1 aliphatic heterocycles. The molecule has 0 spiro atoms. The summed E-state index contributed by atoms with van der Waals surface area (Å²) in [5, 5.41) is 10.9. The van der Waals surface area contributed by atoms with Gasteiger partial charge in [0.2, 0.25) is 0 Å². The highest BCUT2D eigenvalue weighted by atomic mass is 32.2. The smallest absolute Gasteiger partial charge is 0.306 e. The molecule has 0 amide bonds. The van der Waals surface area contributed by atoms with E-state index in [4.69, 9.17) is 10.6 Å². The van der Waals surface area contributed by atoms with Crippen molar-refractivity contribution in [3.63, 3.8) is 0 Å². The van der Waals surface area contributed by atoms with E-state index in [2.05, 4.69) is 5.43 Å². The van der Waals surface area contributed by atoms with Crippen LogP contribution in [0.1, 0.15) is 13.8 Å². The highest BCUT2D eigenvalue weighted by Crippen LogP contribution is 2.39. The second-order valence-corrected chi connectivity index (χ2v) is 8.26. The highest BCUT2D eigenvalue weighted by Gasteiger charge is 2.41. The van der Waals surface area contributed by atoms with Crippen molar-refractivity contribution >= 4 is 32.0 Å². The first-order valence-electron chi connectivity index (χ1n) is 6.05. The molecule has 11 heteroatoms. The number of anilines is 1. The molecule has 2 rings (SSSR count). The second kappa shape index (κ2) is 5.50. The van der Waals surface area contributed by atoms with E-state index in [-0.39, 0.29) is 34.7 Å². The largest absolute Gasteiger partial charge is 0.378 e. The number of hydrogen-bond acceptors (Lipinski definition) is 8. The number of thiophene rings is 1. The molecule has 9 nitrogen and oxygen atoms in total. The van der Waals surface area contributed by atoms with Gasteiger partial charge in [0, 0.05) is 12.6 Å². The van der Waals surface area contributed by atoms with Gasteiger partial charge in [0.25, 0.3) is 10.0 Å². The number of nitrogens with two attached hydrogens (primary N) is 1. The van der Waals surface area contributed by atoms with Gasteiger partial charge < -0.3 is 10.2 Å². The maximum atomic E-state index is 12.7. The van der Waals surface area contributed by atoms with Crippen LogP contribution in [-0.4, -0.2) is 42.9 Å². The predicted octanol–water partition coefficient (Wildman–Crippen LogP) is 0.741. The summed E-state index contributed by atoms with van der Waals surface area (Å²) < 4.78 is 31.9. The Labute approximate surface area is 125 Å². The van der Waals surface area contributed by atoms with Crippen molar-refractivity contribution in [2.45, 2.75) is 23.6 Å². The number of nitrogens with one attached hydrogen (secondary N) is 1. The van der Waals surface area contributed by atoms with Crippen molar-refractivity contribution in [3.8, 4) is 0 Å². The van der Waals surface area contributed by atoms with Gasteiger partial charge in [-0.15, -0.1) is 0 Å². The number of sulfonamides is 1. The van der Waals surface area contributed by atoms with Crippen LogP contribution in [0.3, 0.4) is 0 Å². The summed E-state index contributed by atoms with van der Waals surface area (Å²) in [6, 6.07) is 1.03. The minimum Gasteiger partial charge on any atom is -0.378 e. The fourth-order valence-electron chi connectivity index (χ4n) is 2.12. The van der Waals surface area contributed by atoms with Gasteiger partial charge in [-0.2, -0.15) is 4.31 Å². The highest BCUT2D eigenvalue weighted by molar-refractivity contribution is 7.91. The maximum Gasteiger partial charge on any atom is 0.306 e. The van der Waals surface area contributed by atoms with E-state index in [0.29, 0.717) is 0 Å². The molecule has 0 aliphatic carbocycles. The van der Waals surface area contributed by atoms with E-state index in [9.17, 15) is 18.5 Å². The average molecular weight is 336 g/mol. The van der Waals surface area contributed by atoms with Crippen LogP contribution in [-0.2, 0) is 14.8 Å². The maximum absolute atomic E-state index is 12.7. The van der Waals surface area contributed by atoms with Crippen molar-refractivity contribution in [3.05, 3.63) is 16.2 Å². The van der Waals surface area contributed by atoms with Crippen LogP contribution in [0, 0.1) is 10.1 Å². The quantitative estimate of drug-likeness (QED) is 0.471. The molecule has 0 radical (unpaired) electrons. The molecule has 1 saturated heterocycles. The molecular formula is C10H16N4O5S2. The van der Waals surface area contributed by atoms with E-state index in [1.165, 1.54) is 4.31 Å². The first-order chi connectivity index (χ1) is 9.70. The molecule has 0 bridgehead atoms. The van der Waals surface area contributed by atoms with Crippen LogP contribution < -0.4 is 11.3 Å². The Bertz CT molecular complexity index is 654. The molecule has 1 aromatic rings. The summed E-state index contributed by atoms with van der Waals surface area (Å²) in [4.78, 5) is 10.2. The number of morpholine rings is 1. The van der Waals surface area contributed by atoms with Crippen LogP contribution in [0.2, 0.25) is 0 Å². The number of rotatable bonds is 4. The number of hydrogen-bond donors (Lipinski definition) is 2. The topological polar surface area (TPSA) is 128 Å². The fraction of sp³-hybridized carbons (Fsp3) is 0.600. The van der Waals surface area contributed by atoms with Gasteiger partial charge in [-0.05, 0) is 13.8 Å². The molecule has 0 unspecified atom stereocenters. The summed E-state index contributed by atoms with van der Waals surface area (Å²) in [5.41, 5.74) is 1.09. The Morgan fingerprint density at radius 1 is 1.57 bits per heavy atom. The number of nitrogen functional groups attached to an aromatic ring is 1. The lowest BCUT2D eigenvalue weighted by Crippen LogP contribution is -2.55. The average Bonchev–Trinajstić information content (AvgIpc) is 2.82. The molecule has 1 aromatic heterocycles. The third-order valence-corrected chi connectivity index (χ3v) is 6.75. The Morgan fingerprint density at radius 3 is 2.71 bits per heavy atom. The molecule has 2 heterocycles. The minimum absolute atomic E-state index is 0.00430. The van der Waals surface area contributed by atoms with E-state index in [1.807, 2.05) is 0 Å². The zero-order valence-electron chi connectivity index (χ0n) is 11.5. The Kier molecular flexibility index (Phi) is 4.22. The zero-order chi connectivity index (χ0) is 15.8. The van der Waals surface area contributed by atoms with E-state index >= 15 is 0 Å². The molecule has 3 N–H and O–H groups in total. The van der Waals surface area contributed by atoms with Gasteiger partial charge in [0.15, 0.2) is 5.00 Å². The van der Waals surface area contributed by atoms with Gasteiger partial charge in [0.05, 0.1) is 23.7 Å². The number of nitrogens with zero attached hydrogens (tertiary/aromatic N) is 2. The predicted molar refractivity (Wildman–Crippen MR) is 77.6 cm³/mol. The standard InChI is InChI=1S/C10H16N4O5S2/c1-10(2)6-19-4-3-13(10)21(17,18)8-5-7(14(15)16)9(12-11)20-8/h5,12H,3-4,6,11H2,1-2H3. The van der Waals surface area contributed by atoms with Gasteiger partial charge >= 0.3 is 5.69 Å². The van der Waals surface area contributed by atoms with Crippen LogP contribution in [0.5, 0.6) is 0 Å². The van der Waals surface area contributed by atoms with Gasteiger partial charge in [-0.1, -0.05) is 11.3 Å². The third kappa shape index (κ3) is 2.87. The van der Waals surface area contributed by atoms with Crippen molar-refractivity contribution in [1.29, 1.82) is 0 Å². The summed E-state index contributed by atoms with van der Waals surface area (Å²) in [6.45, 7) is 4.24. The lowest BCUT2D eigenvalue weighted by Gasteiger charge is -2.40. The van der Waals surface area contributed by atoms with Crippen LogP contribution in [0.25, 0.3) is 0 Å². The molecule has 1 aliphatic rings. The summed E-state index contributed by atoms with van der Waals surface area (Å²) in [5.74, 6) is 5.20. The first-order valence-corrected chi connectivity index (χ1v) is 8.31. The first kappa shape index (κ1) is 16.1. The Balaban J connectivity index is 2.46. The van der Waals surface area contributed by atoms with Crippen molar-refractivity contribution in [1.82, 2.24) is 4.31 Å². The molecule has 0 aromatic carbocycles. The van der Waals surface area contributed by atoms with Crippen molar-refractivity contribution < 1.29 is 18.1 Å².